The number of piperidine rings is 1. The molecule has 0 unspecified atom stereocenters. The number of pyridine rings is 1. The molecule has 1 aliphatic rings. The van der Waals surface area contributed by atoms with Crippen LogP contribution in [0.4, 0.5) is 0 Å². The molecule has 0 bridgehead atoms. The lowest BCUT2D eigenvalue weighted by Crippen LogP contribution is -2.33. The first-order valence-corrected chi connectivity index (χ1v) is 7.43. The Hall–Kier alpha value is -2.07. The highest BCUT2D eigenvalue weighted by Crippen LogP contribution is 2.29. The van der Waals surface area contributed by atoms with Gasteiger partial charge in [-0.15, -0.1) is 0 Å². The fourth-order valence-corrected chi connectivity index (χ4v) is 2.44. The second-order valence-electron chi connectivity index (χ2n) is 5.25. The van der Waals surface area contributed by atoms with Gasteiger partial charge in [-0.1, -0.05) is 18.2 Å². The Kier molecular flexibility index (Phi) is 4.69. The first kappa shape index (κ1) is 13.9. The van der Waals surface area contributed by atoms with Gasteiger partial charge < -0.3 is 14.8 Å². The normalized spacial score (nSPS) is 18.2. The molecular weight excluding hydrogens is 264 g/mol. The third-order valence-corrected chi connectivity index (χ3v) is 3.57. The molecule has 110 valence electrons. The number of benzene rings is 1. The highest BCUT2D eigenvalue weighted by molar-refractivity contribution is 5.36. The summed E-state index contributed by atoms with van der Waals surface area (Å²) in [6.07, 6.45) is 4.14. The number of hydrogen-bond donors (Lipinski definition) is 1. The maximum atomic E-state index is 5.92. The smallest absolute Gasteiger partial charge is 0.262 e. The van der Waals surface area contributed by atoms with Crippen molar-refractivity contribution in [3.8, 4) is 17.4 Å². The van der Waals surface area contributed by atoms with E-state index in [0.717, 1.165) is 18.8 Å². The van der Waals surface area contributed by atoms with Crippen molar-refractivity contribution in [3.63, 3.8) is 0 Å². The summed E-state index contributed by atoms with van der Waals surface area (Å²) in [5.74, 6) is 2.54. The predicted octanol–water partition coefficient (Wildman–Crippen LogP) is 3.25. The Morgan fingerprint density at radius 3 is 2.86 bits per heavy atom. The molecule has 0 radical (unpaired) electrons. The molecule has 0 amide bonds. The maximum Gasteiger partial charge on any atom is 0.262 e. The molecule has 0 aliphatic carbocycles. The summed E-state index contributed by atoms with van der Waals surface area (Å²) < 4.78 is 11.7. The van der Waals surface area contributed by atoms with Crippen molar-refractivity contribution in [2.75, 3.05) is 19.7 Å². The van der Waals surface area contributed by atoms with E-state index < -0.39 is 0 Å². The Labute approximate surface area is 125 Å². The Balaban J connectivity index is 1.64. The molecule has 2 aromatic rings. The molecule has 1 atom stereocenters. The molecule has 1 fully saturated rings. The van der Waals surface area contributed by atoms with Crippen LogP contribution in [0.3, 0.4) is 0 Å². The van der Waals surface area contributed by atoms with E-state index >= 15 is 0 Å². The van der Waals surface area contributed by atoms with Crippen molar-refractivity contribution >= 4 is 0 Å². The quantitative estimate of drug-likeness (QED) is 0.915. The van der Waals surface area contributed by atoms with Crippen molar-refractivity contribution in [3.05, 3.63) is 48.7 Å². The monoisotopic (exact) mass is 284 g/mol. The molecule has 4 nitrogen and oxygen atoms in total. The zero-order chi connectivity index (χ0) is 14.3. The van der Waals surface area contributed by atoms with E-state index in [2.05, 4.69) is 10.3 Å². The van der Waals surface area contributed by atoms with Gasteiger partial charge in [-0.2, -0.15) is 0 Å². The van der Waals surface area contributed by atoms with Gasteiger partial charge in [0.25, 0.3) is 5.88 Å². The molecule has 1 N–H and O–H groups in total. The minimum Gasteiger partial charge on any atom is -0.488 e. The second kappa shape index (κ2) is 7.09. The molecule has 4 heteroatoms. The van der Waals surface area contributed by atoms with Crippen molar-refractivity contribution in [2.45, 2.75) is 12.8 Å². The second-order valence-corrected chi connectivity index (χ2v) is 5.25. The van der Waals surface area contributed by atoms with Crippen LogP contribution in [0.25, 0.3) is 0 Å². The van der Waals surface area contributed by atoms with Crippen molar-refractivity contribution in [2.24, 2.45) is 5.92 Å². The maximum absolute atomic E-state index is 5.92. The summed E-state index contributed by atoms with van der Waals surface area (Å²) in [6, 6.07) is 13.4. The number of rotatable bonds is 5. The fraction of sp³-hybridized carbons (Fsp3) is 0.353. The van der Waals surface area contributed by atoms with Crippen LogP contribution in [0.1, 0.15) is 12.8 Å². The van der Waals surface area contributed by atoms with Gasteiger partial charge in [-0.25, -0.2) is 4.98 Å². The summed E-state index contributed by atoms with van der Waals surface area (Å²) in [5.41, 5.74) is 0. The van der Waals surface area contributed by atoms with Crippen LogP contribution >= 0.6 is 0 Å². The lowest BCUT2D eigenvalue weighted by atomic mass is 10.0. The zero-order valence-corrected chi connectivity index (χ0v) is 12.0. The molecule has 0 spiro atoms. The van der Waals surface area contributed by atoms with Crippen LogP contribution in [-0.2, 0) is 0 Å². The molecule has 2 heterocycles. The number of hydrogen-bond acceptors (Lipinski definition) is 4. The molecule has 0 saturated carbocycles. The number of para-hydroxylation sites is 1. The van der Waals surface area contributed by atoms with Crippen LogP contribution in [0.15, 0.2) is 48.7 Å². The molecule has 1 aromatic carbocycles. The largest absolute Gasteiger partial charge is 0.488 e. The van der Waals surface area contributed by atoms with Gasteiger partial charge >= 0.3 is 0 Å². The van der Waals surface area contributed by atoms with E-state index in [1.165, 1.54) is 12.8 Å². The molecule has 1 saturated heterocycles. The summed E-state index contributed by atoms with van der Waals surface area (Å²) in [6.45, 7) is 2.84. The molecule has 3 rings (SSSR count). The van der Waals surface area contributed by atoms with Gasteiger partial charge in [0.15, 0.2) is 5.75 Å². The lowest BCUT2D eigenvalue weighted by Gasteiger charge is -2.23. The Morgan fingerprint density at radius 1 is 1.14 bits per heavy atom. The number of ether oxygens (including phenoxy) is 2. The van der Waals surface area contributed by atoms with Crippen LogP contribution < -0.4 is 14.8 Å². The highest BCUT2D eigenvalue weighted by Gasteiger charge is 2.15. The van der Waals surface area contributed by atoms with E-state index in [-0.39, 0.29) is 0 Å². The SMILES string of the molecule is c1ccc(Oc2ncccc2OC[C@H]2CCCNC2)cc1. The van der Waals surface area contributed by atoms with Gasteiger partial charge in [0.05, 0.1) is 6.61 Å². The van der Waals surface area contributed by atoms with Crippen molar-refractivity contribution < 1.29 is 9.47 Å². The van der Waals surface area contributed by atoms with Crippen LogP contribution in [0.5, 0.6) is 17.4 Å². The molecular formula is C17H20N2O2. The first-order chi connectivity index (χ1) is 10.4. The minimum absolute atomic E-state index is 0.521. The highest BCUT2D eigenvalue weighted by atomic mass is 16.5. The number of nitrogens with zero attached hydrogens (tertiary/aromatic N) is 1. The fourth-order valence-electron chi connectivity index (χ4n) is 2.44. The van der Waals surface area contributed by atoms with E-state index in [1.807, 2.05) is 42.5 Å². The topological polar surface area (TPSA) is 43.4 Å². The van der Waals surface area contributed by atoms with Crippen molar-refractivity contribution in [1.82, 2.24) is 10.3 Å². The first-order valence-electron chi connectivity index (χ1n) is 7.43. The van der Waals surface area contributed by atoms with E-state index in [4.69, 9.17) is 9.47 Å². The average molecular weight is 284 g/mol. The number of aromatic nitrogens is 1. The molecule has 1 aliphatic heterocycles. The van der Waals surface area contributed by atoms with Gasteiger partial charge in [-0.05, 0) is 43.7 Å². The average Bonchev–Trinajstić information content (AvgIpc) is 2.56. The van der Waals surface area contributed by atoms with Gasteiger partial charge in [0.2, 0.25) is 0 Å². The summed E-state index contributed by atoms with van der Waals surface area (Å²) in [7, 11) is 0. The summed E-state index contributed by atoms with van der Waals surface area (Å²) >= 11 is 0. The zero-order valence-electron chi connectivity index (χ0n) is 12.0. The molecule has 1 aromatic heterocycles. The van der Waals surface area contributed by atoms with Crippen LogP contribution in [-0.4, -0.2) is 24.7 Å². The van der Waals surface area contributed by atoms with E-state index in [0.29, 0.717) is 24.2 Å². The standard InChI is InChI=1S/C17H20N2O2/c1-2-7-15(8-3-1)21-17-16(9-5-11-19-17)20-13-14-6-4-10-18-12-14/h1-3,5,7-9,11,14,18H,4,6,10,12-13H2/t14-/m0/s1. The van der Waals surface area contributed by atoms with Gasteiger partial charge in [0.1, 0.15) is 5.75 Å². The minimum atomic E-state index is 0.521. The Morgan fingerprint density at radius 2 is 2.05 bits per heavy atom. The van der Waals surface area contributed by atoms with Gasteiger partial charge in [0, 0.05) is 18.7 Å². The summed E-state index contributed by atoms with van der Waals surface area (Å²) in [5, 5.41) is 3.40. The van der Waals surface area contributed by atoms with Crippen LogP contribution in [0.2, 0.25) is 0 Å². The predicted molar refractivity (Wildman–Crippen MR) is 81.8 cm³/mol. The third kappa shape index (κ3) is 3.95. The van der Waals surface area contributed by atoms with Crippen LogP contribution in [0, 0.1) is 5.92 Å². The molecule has 21 heavy (non-hydrogen) atoms. The lowest BCUT2D eigenvalue weighted by molar-refractivity contribution is 0.212. The van der Waals surface area contributed by atoms with E-state index in [9.17, 15) is 0 Å². The van der Waals surface area contributed by atoms with E-state index in [1.54, 1.807) is 6.20 Å². The summed E-state index contributed by atoms with van der Waals surface area (Å²) in [4.78, 5) is 4.27. The third-order valence-electron chi connectivity index (χ3n) is 3.57. The number of nitrogens with one attached hydrogen (secondary N) is 1. The Bertz CT molecular complexity index is 554. The van der Waals surface area contributed by atoms with Crippen molar-refractivity contribution in [1.29, 1.82) is 0 Å². The van der Waals surface area contributed by atoms with Gasteiger partial charge in [-0.3, -0.25) is 0 Å².